The first-order chi connectivity index (χ1) is 8.15. The van der Waals surface area contributed by atoms with Crippen LogP contribution in [0.15, 0.2) is 6.20 Å². The van der Waals surface area contributed by atoms with Gasteiger partial charge in [0.05, 0.1) is 11.2 Å². The first-order valence-electron chi connectivity index (χ1n) is 6.11. The summed E-state index contributed by atoms with van der Waals surface area (Å²) in [6, 6.07) is 0. The van der Waals surface area contributed by atoms with Gasteiger partial charge in [0, 0.05) is 19.0 Å². The maximum absolute atomic E-state index is 12.4. The van der Waals surface area contributed by atoms with E-state index in [9.17, 15) is 4.79 Å². The van der Waals surface area contributed by atoms with E-state index in [1.165, 1.54) is 0 Å². The van der Waals surface area contributed by atoms with Crippen molar-refractivity contribution in [2.24, 2.45) is 11.8 Å². The van der Waals surface area contributed by atoms with Crippen LogP contribution in [0.4, 0.5) is 0 Å². The molecule has 1 aromatic heterocycles. The van der Waals surface area contributed by atoms with Crippen LogP contribution in [0.3, 0.4) is 0 Å². The molecule has 1 N–H and O–H groups in total. The Bertz CT molecular complexity index is 416. The number of nitrogens with one attached hydrogen (secondary N) is 1. The first kappa shape index (κ1) is 12.6. The standard InChI is InChI=1S/C12H18ClN3O/c1-3-4-16-11(10(13)7-15-16)12(17)9-6-14-5-8(9)2/h7-9,14H,3-6H2,1-2H3. The molecule has 4 nitrogen and oxygen atoms in total. The lowest BCUT2D eigenvalue weighted by Crippen LogP contribution is -2.24. The van der Waals surface area contributed by atoms with Gasteiger partial charge in [0.25, 0.3) is 0 Å². The minimum atomic E-state index is 0.0276. The molecular weight excluding hydrogens is 238 g/mol. The molecule has 2 unspecified atom stereocenters. The third-order valence-corrected chi connectivity index (χ3v) is 3.59. The summed E-state index contributed by atoms with van der Waals surface area (Å²) >= 11 is 6.08. The Balaban J connectivity index is 2.26. The molecule has 1 aliphatic heterocycles. The summed E-state index contributed by atoms with van der Waals surface area (Å²) in [5.41, 5.74) is 0.578. The average molecular weight is 256 g/mol. The highest BCUT2D eigenvalue weighted by Gasteiger charge is 2.33. The van der Waals surface area contributed by atoms with Gasteiger partial charge in [-0.1, -0.05) is 25.4 Å². The topological polar surface area (TPSA) is 46.9 Å². The van der Waals surface area contributed by atoms with Gasteiger partial charge in [0.2, 0.25) is 0 Å². The van der Waals surface area contributed by atoms with Crippen LogP contribution in [0.2, 0.25) is 5.02 Å². The van der Waals surface area contributed by atoms with Gasteiger partial charge in [-0.2, -0.15) is 5.10 Å². The summed E-state index contributed by atoms with van der Waals surface area (Å²) < 4.78 is 1.73. The molecule has 2 heterocycles. The van der Waals surface area contributed by atoms with Crippen LogP contribution in [-0.4, -0.2) is 28.7 Å². The first-order valence-corrected chi connectivity index (χ1v) is 6.49. The van der Waals surface area contributed by atoms with Gasteiger partial charge in [-0.05, 0) is 18.9 Å². The van der Waals surface area contributed by atoms with E-state index in [-0.39, 0.29) is 11.7 Å². The Hall–Kier alpha value is -0.870. The third kappa shape index (κ3) is 2.38. The maximum atomic E-state index is 12.4. The van der Waals surface area contributed by atoms with Crippen molar-refractivity contribution in [2.75, 3.05) is 13.1 Å². The van der Waals surface area contributed by atoms with Crippen LogP contribution in [0.25, 0.3) is 0 Å². The molecule has 1 aromatic rings. The van der Waals surface area contributed by atoms with E-state index in [1.54, 1.807) is 10.9 Å². The lowest BCUT2D eigenvalue weighted by molar-refractivity contribution is 0.0896. The molecule has 0 bridgehead atoms. The van der Waals surface area contributed by atoms with E-state index < -0.39 is 0 Å². The molecule has 0 radical (unpaired) electrons. The summed E-state index contributed by atoms with van der Waals surface area (Å²) in [6.45, 7) is 6.53. The summed E-state index contributed by atoms with van der Waals surface area (Å²) in [6.07, 6.45) is 2.51. The third-order valence-electron chi connectivity index (χ3n) is 3.32. The monoisotopic (exact) mass is 255 g/mol. The van der Waals surface area contributed by atoms with E-state index in [4.69, 9.17) is 11.6 Å². The Kier molecular flexibility index (Phi) is 3.84. The van der Waals surface area contributed by atoms with Gasteiger partial charge in [0.1, 0.15) is 5.69 Å². The molecule has 5 heteroatoms. The minimum absolute atomic E-state index is 0.0276. The molecular formula is C12H18ClN3O. The van der Waals surface area contributed by atoms with Gasteiger partial charge < -0.3 is 5.32 Å². The lowest BCUT2D eigenvalue weighted by Gasteiger charge is -2.14. The largest absolute Gasteiger partial charge is 0.316 e. The quantitative estimate of drug-likeness (QED) is 0.837. The smallest absolute Gasteiger partial charge is 0.187 e. The SMILES string of the molecule is CCCn1ncc(Cl)c1C(=O)C1CNCC1C. The molecule has 1 fully saturated rings. The number of aromatic nitrogens is 2. The van der Waals surface area contributed by atoms with Gasteiger partial charge >= 0.3 is 0 Å². The van der Waals surface area contributed by atoms with Crippen molar-refractivity contribution in [2.45, 2.75) is 26.8 Å². The molecule has 2 rings (SSSR count). The molecule has 0 saturated carbocycles. The summed E-state index contributed by atoms with van der Waals surface area (Å²) in [7, 11) is 0. The Labute approximate surface area is 106 Å². The summed E-state index contributed by atoms with van der Waals surface area (Å²) in [5, 5.41) is 7.88. The second kappa shape index (κ2) is 5.19. The summed E-state index contributed by atoms with van der Waals surface area (Å²) in [5.74, 6) is 0.516. The second-order valence-electron chi connectivity index (χ2n) is 4.67. The number of halogens is 1. The molecule has 17 heavy (non-hydrogen) atoms. The number of ketones is 1. The Morgan fingerprint density at radius 1 is 1.65 bits per heavy atom. The molecule has 1 saturated heterocycles. The van der Waals surface area contributed by atoms with E-state index in [0.717, 1.165) is 26.1 Å². The van der Waals surface area contributed by atoms with Gasteiger partial charge in [-0.3, -0.25) is 9.48 Å². The Morgan fingerprint density at radius 2 is 2.41 bits per heavy atom. The molecule has 94 valence electrons. The average Bonchev–Trinajstić information content (AvgIpc) is 2.86. The fraction of sp³-hybridized carbons (Fsp3) is 0.667. The number of carbonyl (C=O) groups is 1. The van der Waals surface area contributed by atoms with Crippen molar-refractivity contribution in [3.05, 3.63) is 16.9 Å². The van der Waals surface area contributed by atoms with E-state index >= 15 is 0 Å². The number of nitrogens with zero attached hydrogens (tertiary/aromatic N) is 2. The molecule has 1 aliphatic rings. The summed E-state index contributed by atoms with van der Waals surface area (Å²) in [4.78, 5) is 12.4. The van der Waals surface area contributed by atoms with Crippen LogP contribution < -0.4 is 5.32 Å². The van der Waals surface area contributed by atoms with E-state index in [1.807, 2.05) is 0 Å². The van der Waals surface area contributed by atoms with Crippen molar-refractivity contribution >= 4 is 17.4 Å². The van der Waals surface area contributed by atoms with Crippen LogP contribution in [0.5, 0.6) is 0 Å². The highest BCUT2D eigenvalue weighted by atomic mass is 35.5. The van der Waals surface area contributed by atoms with Gasteiger partial charge in [0.15, 0.2) is 5.78 Å². The van der Waals surface area contributed by atoms with Crippen molar-refractivity contribution in [1.29, 1.82) is 0 Å². The van der Waals surface area contributed by atoms with Crippen LogP contribution in [0, 0.1) is 11.8 Å². The van der Waals surface area contributed by atoms with Crippen LogP contribution in [-0.2, 0) is 6.54 Å². The second-order valence-corrected chi connectivity index (χ2v) is 5.08. The predicted molar refractivity (Wildman–Crippen MR) is 67.4 cm³/mol. The Morgan fingerprint density at radius 3 is 3.00 bits per heavy atom. The number of rotatable bonds is 4. The number of aryl methyl sites for hydroxylation is 1. The molecule has 0 aromatic carbocycles. The molecule has 0 amide bonds. The van der Waals surface area contributed by atoms with Crippen LogP contribution >= 0.6 is 11.6 Å². The van der Waals surface area contributed by atoms with Crippen LogP contribution in [0.1, 0.15) is 30.8 Å². The van der Waals surface area contributed by atoms with Gasteiger partial charge in [-0.15, -0.1) is 0 Å². The number of hydrogen-bond acceptors (Lipinski definition) is 3. The molecule has 0 aliphatic carbocycles. The van der Waals surface area contributed by atoms with Crippen molar-refractivity contribution < 1.29 is 4.79 Å². The number of Topliss-reactive ketones (excluding diaryl/α,β-unsaturated/α-hetero) is 1. The zero-order valence-corrected chi connectivity index (χ0v) is 11.0. The predicted octanol–water partition coefficient (Wildman–Crippen LogP) is 1.98. The number of hydrogen-bond donors (Lipinski definition) is 1. The highest BCUT2D eigenvalue weighted by molar-refractivity contribution is 6.33. The fourth-order valence-corrected chi connectivity index (χ4v) is 2.56. The highest BCUT2D eigenvalue weighted by Crippen LogP contribution is 2.25. The van der Waals surface area contributed by atoms with Crippen molar-refractivity contribution in [3.8, 4) is 0 Å². The lowest BCUT2D eigenvalue weighted by atomic mass is 9.92. The normalized spacial score (nSPS) is 24.2. The zero-order valence-electron chi connectivity index (χ0n) is 10.2. The zero-order chi connectivity index (χ0) is 12.4. The maximum Gasteiger partial charge on any atom is 0.187 e. The number of carbonyl (C=O) groups excluding carboxylic acids is 1. The van der Waals surface area contributed by atoms with E-state index in [2.05, 4.69) is 24.3 Å². The van der Waals surface area contributed by atoms with Crippen molar-refractivity contribution in [1.82, 2.24) is 15.1 Å². The fourth-order valence-electron chi connectivity index (χ4n) is 2.33. The van der Waals surface area contributed by atoms with E-state index in [0.29, 0.717) is 16.6 Å². The molecule has 2 atom stereocenters. The van der Waals surface area contributed by atoms with Crippen molar-refractivity contribution in [3.63, 3.8) is 0 Å². The molecule has 0 spiro atoms. The van der Waals surface area contributed by atoms with Gasteiger partial charge in [-0.25, -0.2) is 0 Å². The minimum Gasteiger partial charge on any atom is -0.316 e.